The molecule has 0 saturated carbocycles. The van der Waals surface area contributed by atoms with Crippen molar-refractivity contribution in [3.8, 4) is 6.07 Å². The van der Waals surface area contributed by atoms with Crippen LogP contribution >= 0.6 is 0 Å². The van der Waals surface area contributed by atoms with Gasteiger partial charge in [-0.25, -0.2) is 13.6 Å². The number of amides is 1. The van der Waals surface area contributed by atoms with E-state index in [0.717, 1.165) is 12.2 Å². The van der Waals surface area contributed by atoms with Gasteiger partial charge >= 0.3 is 6.09 Å². The fourth-order valence-corrected chi connectivity index (χ4v) is 3.18. The summed E-state index contributed by atoms with van der Waals surface area (Å²) in [7, 11) is 0. The van der Waals surface area contributed by atoms with Crippen molar-refractivity contribution in [2.75, 3.05) is 6.54 Å². The molecule has 23 heavy (non-hydrogen) atoms. The van der Waals surface area contributed by atoms with Crippen LogP contribution < -0.4 is 0 Å². The van der Waals surface area contributed by atoms with E-state index in [1.807, 2.05) is 0 Å². The Hall–Kier alpha value is -1.90. The van der Waals surface area contributed by atoms with E-state index in [4.69, 9.17) is 4.74 Å². The van der Waals surface area contributed by atoms with Gasteiger partial charge in [0.2, 0.25) is 0 Å². The highest BCUT2D eigenvalue weighted by Crippen LogP contribution is 2.48. The number of halogens is 2. The standard InChI is InChI=1S/C17H22F2N2O2/c1-16(2,3)23-15(22)21-10-11(9-20)7-14(21)17(4)8-12(18)5-6-13(17)19/h5-6,11,14H,7-8,10H2,1-4H3/t11-,14-,17?/m1/s1. The third-order valence-corrected chi connectivity index (χ3v) is 4.34. The quantitative estimate of drug-likeness (QED) is 0.724. The zero-order valence-electron chi connectivity index (χ0n) is 13.9. The van der Waals surface area contributed by atoms with Crippen LogP contribution in [0.1, 0.15) is 40.5 Å². The minimum absolute atomic E-state index is 0.128. The minimum atomic E-state index is -1.18. The molecule has 0 aromatic carbocycles. The van der Waals surface area contributed by atoms with Crippen LogP contribution in [0.5, 0.6) is 0 Å². The lowest BCUT2D eigenvalue weighted by Gasteiger charge is -2.40. The van der Waals surface area contributed by atoms with Crippen molar-refractivity contribution in [1.29, 1.82) is 5.26 Å². The minimum Gasteiger partial charge on any atom is -0.444 e. The van der Waals surface area contributed by atoms with Gasteiger partial charge in [0.15, 0.2) is 0 Å². The van der Waals surface area contributed by atoms with E-state index in [1.165, 1.54) is 4.90 Å². The molecule has 1 unspecified atom stereocenters. The van der Waals surface area contributed by atoms with Crippen molar-refractivity contribution in [1.82, 2.24) is 4.90 Å². The maximum absolute atomic E-state index is 14.5. The van der Waals surface area contributed by atoms with E-state index < -0.39 is 40.7 Å². The molecule has 0 aromatic rings. The average molecular weight is 324 g/mol. The van der Waals surface area contributed by atoms with Crippen molar-refractivity contribution >= 4 is 6.09 Å². The van der Waals surface area contributed by atoms with E-state index in [9.17, 15) is 18.8 Å². The van der Waals surface area contributed by atoms with E-state index in [-0.39, 0.29) is 13.0 Å². The van der Waals surface area contributed by atoms with Gasteiger partial charge < -0.3 is 9.64 Å². The molecule has 2 aliphatic rings. The van der Waals surface area contributed by atoms with Gasteiger partial charge in [0.1, 0.15) is 17.3 Å². The molecule has 0 radical (unpaired) electrons. The van der Waals surface area contributed by atoms with Gasteiger partial charge in [0.05, 0.1) is 12.0 Å². The van der Waals surface area contributed by atoms with E-state index in [1.54, 1.807) is 27.7 Å². The fraction of sp³-hybridized carbons (Fsp3) is 0.647. The Kier molecular flexibility index (Phi) is 4.52. The SMILES string of the molecule is CC(C)(C)OC(=O)N1C[C@@H](C#N)C[C@@H]1C1(C)CC(F)=CC=C1F. The first-order chi connectivity index (χ1) is 10.6. The van der Waals surface area contributed by atoms with Gasteiger partial charge in [-0.3, -0.25) is 0 Å². The van der Waals surface area contributed by atoms with E-state index in [0.29, 0.717) is 6.42 Å². The third kappa shape index (κ3) is 3.54. The van der Waals surface area contributed by atoms with Crippen molar-refractivity contribution in [3.05, 3.63) is 23.8 Å². The zero-order valence-corrected chi connectivity index (χ0v) is 13.9. The molecular formula is C17H22F2N2O2. The lowest BCUT2D eigenvalue weighted by Crippen LogP contribution is -2.48. The molecule has 1 aliphatic heterocycles. The van der Waals surface area contributed by atoms with Crippen molar-refractivity contribution in [2.24, 2.45) is 11.3 Å². The molecule has 0 N–H and O–H groups in total. The second kappa shape index (κ2) is 5.95. The van der Waals surface area contributed by atoms with Gasteiger partial charge in [-0.1, -0.05) is 6.92 Å². The highest BCUT2D eigenvalue weighted by Gasteiger charge is 2.50. The van der Waals surface area contributed by atoms with Crippen LogP contribution in [0.4, 0.5) is 13.6 Å². The lowest BCUT2D eigenvalue weighted by molar-refractivity contribution is 0.00934. The number of carbonyl (C=O) groups excluding carboxylic acids is 1. The molecule has 0 spiro atoms. The Morgan fingerprint density at radius 3 is 2.65 bits per heavy atom. The van der Waals surface area contributed by atoms with Crippen LogP contribution in [0.15, 0.2) is 23.8 Å². The summed E-state index contributed by atoms with van der Waals surface area (Å²) in [5.74, 6) is -1.32. The molecule has 2 rings (SSSR count). The highest BCUT2D eigenvalue weighted by atomic mass is 19.1. The summed E-state index contributed by atoms with van der Waals surface area (Å²) in [6.07, 6.45) is 1.79. The second-order valence-corrected chi connectivity index (χ2v) is 7.43. The number of allylic oxidation sites excluding steroid dienone is 3. The Morgan fingerprint density at radius 1 is 1.43 bits per heavy atom. The maximum atomic E-state index is 14.5. The largest absolute Gasteiger partial charge is 0.444 e. The van der Waals surface area contributed by atoms with Gasteiger partial charge in [-0.15, -0.1) is 0 Å². The molecule has 1 saturated heterocycles. The molecule has 1 fully saturated rings. The van der Waals surface area contributed by atoms with Crippen LogP contribution in [0.2, 0.25) is 0 Å². The molecule has 4 nitrogen and oxygen atoms in total. The smallest absolute Gasteiger partial charge is 0.410 e. The summed E-state index contributed by atoms with van der Waals surface area (Å²) in [5.41, 5.74) is -1.87. The molecule has 1 amide bonds. The van der Waals surface area contributed by atoms with Crippen LogP contribution in [0, 0.1) is 22.7 Å². The number of hydrogen-bond acceptors (Lipinski definition) is 3. The van der Waals surface area contributed by atoms with Crippen molar-refractivity contribution in [2.45, 2.75) is 52.2 Å². The number of likely N-dealkylation sites (tertiary alicyclic amines) is 1. The number of carbonyl (C=O) groups is 1. The monoisotopic (exact) mass is 324 g/mol. The van der Waals surface area contributed by atoms with Gasteiger partial charge in [0.25, 0.3) is 0 Å². The van der Waals surface area contributed by atoms with Gasteiger partial charge in [0, 0.05) is 24.4 Å². The number of hydrogen-bond donors (Lipinski definition) is 0. The molecule has 3 atom stereocenters. The Balaban J connectivity index is 2.31. The van der Waals surface area contributed by atoms with Gasteiger partial charge in [-0.2, -0.15) is 5.26 Å². The molecular weight excluding hydrogens is 302 g/mol. The number of ether oxygens (including phenoxy) is 1. The topological polar surface area (TPSA) is 53.3 Å². The molecule has 6 heteroatoms. The first-order valence-electron chi connectivity index (χ1n) is 7.68. The van der Waals surface area contributed by atoms with Crippen LogP contribution in [-0.2, 0) is 4.74 Å². The predicted molar refractivity (Wildman–Crippen MR) is 81.6 cm³/mol. The molecule has 0 aromatic heterocycles. The summed E-state index contributed by atoms with van der Waals surface area (Å²) in [6.45, 7) is 6.98. The fourth-order valence-electron chi connectivity index (χ4n) is 3.18. The summed E-state index contributed by atoms with van der Waals surface area (Å²) in [5, 5.41) is 9.19. The average Bonchev–Trinajstić information content (AvgIpc) is 2.86. The summed E-state index contributed by atoms with van der Waals surface area (Å²) in [6, 6.07) is 1.51. The van der Waals surface area contributed by atoms with Crippen LogP contribution in [-0.4, -0.2) is 29.2 Å². The van der Waals surface area contributed by atoms with Crippen molar-refractivity contribution in [3.63, 3.8) is 0 Å². The summed E-state index contributed by atoms with van der Waals surface area (Å²) < 4.78 is 33.6. The number of nitrogens with zero attached hydrogens (tertiary/aromatic N) is 2. The summed E-state index contributed by atoms with van der Waals surface area (Å²) in [4.78, 5) is 13.8. The Morgan fingerprint density at radius 2 is 2.09 bits per heavy atom. The molecule has 126 valence electrons. The molecule has 0 bridgehead atoms. The highest BCUT2D eigenvalue weighted by molar-refractivity contribution is 5.69. The van der Waals surface area contributed by atoms with Crippen molar-refractivity contribution < 1.29 is 18.3 Å². The lowest BCUT2D eigenvalue weighted by atomic mass is 9.74. The van der Waals surface area contributed by atoms with E-state index in [2.05, 4.69) is 6.07 Å². The third-order valence-electron chi connectivity index (χ3n) is 4.34. The van der Waals surface area contributed by atoms with Crippen LogP contribution in [0.3, 0.4) is 0 Å². The second-order valence-electron chi connectivity index (χ2n) is 7.43. The van der Waals surface area contributed by atoms with Gasteiger partial charge in [-0.05, 0) is 39.3 Å². The number of nitriles is 1. The predicted octanol–water partition coefficient (Wildman–Crippen LogP) is 4.25. The summed E-state index contributed by atoms with van der Waals surface area (Å²) >= 11 is 0. The maximum Gasteiger partial charge on any atom is 0.410 e. The molecule has 1 heterocycles. The number of rotatable bonds is 1. The normalized spacial score (nSPS) is 31.3. The Bertz CT molecular complexity index is 601. The van der Waals surface area contributed by atoms with Crippen LogP contribution in [0.25, 0.3) is 0 Å². The Labute approximate surface area is 135 Å². The first-order valence-corrected chi connectivity index (χ1v) is 7.68. The zero-order chi connectivity index (χ0) is 17.4. The van der Waals surface area contributed by atoms with E-state index >= 15 is 0 Å². The first kappa shape index (κ1) is 17.5. The molecule has 1 aliphatic carbocycles.